The molecule has 152 valence electrons. The first-order valence-corrected chi connectivity index (χ1v) is 12.0. The average molecular weight is 428 g/mol. The smallest absolute Gasteiger partial charge is 0.257 e. The van der Waals surface area contributed by atoms with Gasteiger partial charge in [-0.25, -0.2) is 5.01 Å². The molecule has 1 saturated heterocycles. The Morgan fingerprint density at radius 2 is 2.03 bits per heavy atom. The van der Waals surface area contributed by atoms with Gasteiger partial charge in [-0.2, -0.15) is 5.10 Å². The number of hydrogen-bond acceptors (Lipinski definition) is 6. The van der Waals surface area contributed by atoms with Crippen LogP contribution in [0.5, 0.6) is 0 Å². The largest absolute Gasteiger partial charge is 0.379 e. The zero-order valence-electron chi connectivity index (χ0n) is 16.3. The monoisotopic (exact) mass is 427 g/mol. The molecule has 2 fully saturated rings. The quantitative estimate of drug-likeness (QED) is 0.732. The van der Waals surface area contributed by atoms with E-state index >= 15 is 0 Å². The van der Waals surface area contributed by atoms with Crippen LogP contribution in [0.4, 0.5) is 0 Å². The van der Waals surface area contributed by atoms with Gasteiger partial charge in [-0.1, -0.05) is 12.1 Å². The lowest BCUT2D eigenvalue weighted by Gasteiger charge is -2.31. The summed E-state index contributed by atoms with van der Waals surface area (Å²) in [5, 5.41) is 11.0. The van der Waals surface area contributed by atoms with E-state index in [9.17, 15) is 4.79 Å². The molecule has 0 spiro atoms. The van der Waals surface area contributed by atoms with Crippen molar-refractivity contribution in [1.29, 1.82) is 0 Å². The molecule has 1 aliphatic carbocycles. The molecule has 3 aliphatic rings. The van der Waals surface area contributed by atoms with Crippen molar-refractivity contribution in [2.75, 3.05) is 32.8 Å². The molecule has 29 heavy (non-hydrogen) atoms. The molecule has 0 radical (unpaired) electrons. The van der Waals surface area contributed by atoms with Gasteiger partial charge in [0.05, 0.1) is 31.5 Å². The number of amides is 1. The summed E-state index contributed by atoms with van der Waals surface area (Å²) in [5.41, 5.74) is 2.42. The van der Waals surface area contributed by atoms with Crippen molar-refractivity contribution in [3.8, 4) is 0 Å². The van der Waals surface area contributed by atoms with E-state index in [1.165, 1.54) is 15.3 Å². The minimum atomic E-state index is 0.0329. The van der Waals surface area contributed by atoms with Gasteiger partial charge in [0.1, 0.15) is 0 Å². The van der Waals surface area contributed by atoms with Crippen molar-refractivity contribution >= 4 is 40.4 Å². The summed E-state index contributed by atoms with van der Waals surface area (Å²) < 4.78 is 5.43. The van der Waals surface area contributed by atoms with E-state index in [0.29, 0.717) is 25.7 Å². The first-order chi connectivity index (χ1) is 14.3. The highest BCUT2D eigenvalue weighted by molar-refractivity contribution is 7.11. The van der Waals surface area contributed by atoms with Gasteiger partial charge in [-0.05, 0) is 53.8 Å². The Kier molecular flexibility index (Phi) is 5.63. The van der Waals surface area contributed by atoms with Crippen LogP contribution in [-0.2, 0) is 9.53 Å². The first kappa shape index (κ1) is 19.2. The van der Waals surface area contributed by atoms with Crippen LogP contribution in [0.1, 0.15) is 35.1 Å². The second-order valence-electron chi connectivity index (χ2n) is 7.76. The minimum absolute atomic E-state index is 0.0329. The molecule has 2 aromatic rings. The van der Waals surface area contributed by atoms with Gasteiger partial charge in [0.25, 0.3) is 5.91 Å². The molecule has 0 aromatic carbocycles. The SMILES string of the molecule is O=C(CN1CCOCC1)N1N=C2/C(=C/c3cccs3)CCC[C@H]2[C@@H]1c1cccs1. The number of carbonyl (C=O) groups excluding carboxylic acids is 1. The summed E-state index contributed by atoms with van der Waals surface area (Å²) in [6.07, 6.45) is 5.55. The number of hydrazone groups is 1. The Bertz CT molecular complexity index is 899. The average Bonchev–Trinajstić information content (AvgIpc) is 3.49. The summed E-state index contributed by atoms with van der Waals surface area (Å²) in [6.45, 7) is 3.44. The number of morpholine rings is 1. The van der Waals surface area contributed by atoms with Gasteiger partial charge in [0.2, 0.25) is 0 Å². The molecular weight excluding hydrogens is 402 g/mol. The molecular formula is C22H25N3O2S2. The highest BCUT2D eigenvalue weighted by Gasteiger charge is 2.44. The molecule has 2 aliphatic heterocycles. The lowest BCUT2D eigenvalue weighted by molar-refractivity contribution is -0.135. The molecule has 5 rings (SSSR count). The zero-order chi connectivity index (χ0) is 19.6. The normalized spacial score (nSPS) is 26.6. The Hall–Kier alpha value is -1.80. The number of allylic oxidation sites excluding steroid dienone is 1. The van der Waals surface area contributed by atoms with Crippen molar-refractivity contribution in [2.24, 2.45) is 11.0 Å². The van der Waals surface area contributed by atoms with Crippen LogP contribution in [-0.4, -0.2) is 54.4 Å². The van der Waals surface area contributed by atoms with Gasteiger partial charge in [0, 0.05) is 28.8 Å². The maximum atomic E-state index is 13.3. The topological polar surface area (TPSA) is 45.1 Å². The highest BCUT2D eigenvalue weighted by Crippen LogP contribution is 2.45. The fourth-order valence-corrected chi connectivity index (χ4v) is 6.07. The van der Waals surface area contributed by atoms with Gasteiger partial charge in [-0.15, -0.1) is 22.7 Å². The Labute approximate surface area is 179 Å². The summed E-state index contributed by atoms with van der Waals surface area (Å²) >= 11 is 3.48. The number of hydrogen-bond donors (Lipinski definition) is 0. The van der Waals surface area contributed by atoms with E-state index < -0.39 is 0 Å². The zero-order valence-corrected chi connectivity index (χ0v) is 18.0. The van der Waals surface area contributed by atoms with Gasteiger partial charge in [0.15, 0.2) is 0 Å². The predicted molar refractivity (Wildman–Crippen MR) is 118 cm³/mol. The van der Waals surface area contributed by atoms with Crippen LogP contribution in [0.25, 0.3) is 6.08 Å². The predicted octanol–water partition coefficient (Wildman–Crippen LogP) is 4.26. The van der Waals surface area contributed by atoms with Crippen LogP contribution < -0.4 is 0 Å². The molecule has 5 nitrogen and oxygen atoms in total. The third kappa shape index (κ3) is 3.97. The van der Waals surface area contributed by atoms with Crippen molar-refractivity contribution in [3.05, 3.63) is 50.4 Å². The van der Waals surface area contributed by atoms with E-state index in [4.69, 9.17) is 9.84 Å². The lowest BCUT2D eigenvalue weighted by Crippen LogP contribution is -2.44. The van der Waals surface area contributed by atoms with Crippen LogP contribution in [0.3, 0.4) is 0 Å². The highest BCUT2D eigenvalue weighted by atomic mass is 32.1. The number of carbonyl (C=O) groups is 1. The van der Waals surface area contributed by atoms with Crippen molar-refractivity contribution in [1.82, 2.24) is 9.91 Å². The van der Waals surface area contributed by atoms with Gasteiger partial charge >= 0.3 is 0 Å². The Morgan fingerprint density at radius 1 is 1.21 bits per heavy atom. The molecule has 0 bridgehead atoms. The second kappa shape index (κ2) is 8.52. The van der Waals surface area contributed by atoms with Crippen molar-refractivity contribution in [2.45, 2.75) is 25.3 Å². The fourth-order valence-electron chi connectivity index (χ4n) is 4.51. The van der Waals surface area contributed by atoms with Crippen LogP contribution >= 0.6 is 22.7 Å². The van der Waals surface area contributed by atoms with E-state index in [-0.39, 0.29) is 11.9 Å². The minimum Gasteiger partial charge on any atom is -0.379 e. The van der Waals surface area contributed by atoms with E-state index in [1.807, 2.05) is 0 Å². The maximum absolute atomic E-state index is 13.3. The fraction of sp³-hybridized carbons (Fsp3) is 0.455. The van der Waals surface area contributed by atoms with Crippen molar-refractivity contribution < 1.29 is 9.53 Å². The number of fused-ring (bicyclic) bond motifs is 1. The molecule has 0 N–H and O–H groups in total. The summed E-state index contributed by atoms with van der Waals surface area (Å²) in [7, 11) is 0. The maximum Gasteiger partial charge on any atom is 0.257 e. The summed E-state index contributed by atoms with van der Waals surface area (Å²) in [4.78, 5) is 18.0. The molecule has 1 saturated carbocycles. The third-order valence-corrected chi connectivity index (χ3v) is 7.68. The lowest BCUT2D eigenvalue weighted by atomic mass is 9.79. The van der Waals surface area contributed by atoms with E-state index in [0.717, 1.165) is 38.1 Å². The van der Waals surface area contributed by atoms with Crippen LogP contribution in [0.15, 0.2) is 45.7 Å². The standard InChI is InChI=1S/C22H25N3O2S2/c26-20(15-24-8-10-27-11-9-24)25-22(19-7-3-13-29-19)18-6-1-4-16(21(18)23-25)14-17-5-2-12-28-17/h2-3,5,7,12-14,18,22H,1,4,6,8-11,15H2/b16-14+/t18-,22-/m1/s1. The van der Waals surface area contributed by atoms with Crippen molar-refractivity contribution in [3.63, 3.8) is 0 Å². The van der Waals surface area contributed by atoms with E-state index in [2.05, 4.69) is 46.0 Å². The number of nitrogens with zero attached hydrogens (tertiary/aromatic N) is 3. The van der Waals surface area contributed by atoms with Gasteiger partial charge in [-0.3, -0.25) is 9.69 Å². The Balaban J connectivity index is 1.45. The van der Waals surface area contributed by atoms with Crippen LogP contribution in [0, 0.1) is 5.92 Å². The molecule has 2 atom stereocenters. The molecule has 1 amide bonds. The Morgan fingerprint density at radius 3 is 2.79 bits per heavy atom. The second-order valence-corrected chi connectivity index (χ2v) is 9.71. The molecule has 4 heterocycles. The molecule has 0 unspecified atom stereocenters. The number of ether oxygens (including phenoxy) is 1. The number of thiophene rings is 2. The summed E-state index contributed by atoms with van der Waals surface area (Å²) in [5.74, 6) is 0.393. The first-order valence-electron chi connectivity index (χ1n) is 10.3. The number of rotatable bonds is 4. The third-order valence-electron chi connectivity index (χ3n) is 5.91. The van der Waals surface area contributed by atoms with Gasteiger partial charge < -0.3 is 4.74 Å². The molecule has 7 heteroatoms. The van der Waals surface area contributed by atoms with Crippen LogP contribution in [0.2, 0.25) is 0 Å². The molecule has 2 aromatic heterocycles. The summed E-state index contributed by atoms with van der Waals surface area (Å²) in [6, 6.07) is 8.49. The van der Waals surface area contributed by atoms with E-state index in [1.54, 1.807) is 27.7 Å².